The molecule has 5 heteroatoms. The van der Waals surface area contributed by atoms with E-state index in [4.69, 9.17) is 14.6 Å². The van der Waals surface area contributed by atoms with Crippen LogP contribution in [0.2, 0.25) is 0 Å². The molecule has 0 unspecified atom stereocenters. The Hall–Kier alpha value is -2.53. The maximum atomic E-state index is 11.0. The van der Waals surface area contributed by atoms with Crippen molar-refractivity contribution in [2.75, 3.05) is 20.8 Å². The lowest BCUT2D eigenvalue weighted by Crippen LogP contribution is -2.30. The Kier molecular flexibility index (Phi) is 4.21. The number of fused-ring (bicyclic) bond motifs is 1. The monoisotopic (exact) mass is 313 g/mol. The summed E-state index contributed by atoms with van der Waals surface area (Å²) in [6.45, 7) is 0.855. The molecule has 120 valence electrons. The van der Waals surface area contributed by atoms with Crippen molar-refractivity contribution in [1.82, 2.24) is 5.32 Å². The Morgan fingerprint density at radius 2 is 1.78 bits per heavy atom. The summed E-state index contributed by atoms with van der Waals surface area (Å²) < 4.78 is 10.8. The van der Waals surface area contributed by atoms with Crippen LogP contribution in [0.25, 0.3) is 0 Å². The third kappa shape index (κ3) is 2.87. The highest BCUT2D eigenvalue weighted by molar-refractivity contribution is 5.87. The summed E-state index contributed by atoms with van der Waals surface area (Å²) in [6, 6.07) is 11.0. The van der Waals surface area contributed by atoms with E-state index in [-0.39, 0.29) is 11.6 Å². The molecule has 2 aromatic carbocycles. The smallest absolute Gasteiger partial charge is 0.335 e. The number of methoxy groups -OCH3 is 2. The molecule has 0 aliphatic carbocycles. The fraction of sp³-hybridized carbons (Fsp3) is 0.278. The van der Waals surface area contributed by atoms with Crippen LogP contribution in [-0.2, 0) is 6.42 Å². The summed E-state index contributed by atoms with van der Waals surface area (Å²) in [5.74, 6) is 0.509. The van der Waals surface area contributed by atoms with Gasteiger partial charge in [-0.05, 0) is 47.4 Å². The molecule has 1 aliphatic rings. The fourth-order valence-electron chi connectivity index (χ4n) is 3.00. The van der Waals surface area contributed by atoms with Crippen LogP contribution in [0.15, 0.2) is 36.4 Å². The molecule has 0 fully saturated rings. The van der Waals surface area contributed by atoms with Crippen molar-refractivity contribution in [1.29, 1.82) is 0 Å². The molecule has 1 heterocycles. The number of hydrogen-bond donors (Lipinski definition) is 2. The van der Waals surface area contributed by atoms with Crippen LogP contribution >= 0.6 is 0 Å². The van der Waals surface area contributed by atoms with E-state index in [0.717, 1.165) is 29.8 Å². The molecule has 1 atom stereocenters. The lowest BCUT2D eigenvalue weighted by molar-refractivity contribution is 0.0697. The molecule has 2 aromatic rings. The van der Waals surface area contributed by atoms with Gasteiger partial charge in [0.05, 0.1) is 25.8 Å². The lowest BCUT2D eigenvalue weighted by Gasteiger charge is -2.28. The quantitative estimate of drug-likeness (QED) is 0.908. The number of ether oxygens (including phenoxy) is 2. The van der Waals surface area contributed by atoms with E-state index in [2.05, 4.69) is 5.32 Å². The second-order valence-corrected chi connectivity index (χ2v) is 5.47. The fourth-order valence-corrected chi connectivity index (χ4v) is 3.00. The molecule has 0 saturated carbocycles. The average molecular weight is 313 g/mol. The molecular weight excluding hydrogens is 294 g/mol. The van der Waals surface area contributed by atoms with Crippen molar-refractivity contribution in [3.63, 3.8) is 0 Å². The van der Waals surface area contributed by atoms with Crippen LogP contribution in [-0.4, -0.2) is 31.8 Å². The first kappa shape index (κ1) is 15.4. The largest absolute Gasteiger partial charge is 0.493 e. The SMILES string of the molecule is COc1cc2c(cc1OC)[C@@H](c1ccc(C(=O)O)cc1)NCC2. The highest BCUT2D eigenvalue weighted by Crippen LogP contribution is 2.37. The van der Waals surface area contributed by atoms with E-state index in [1.54, 1.807) is 26.4 Å². The molecule has 1 aliphatic heterocycles. The molecule has 0 amide bonds. The van der Waals surface area contributed by atoms with Crippen molar-refractivity contribution < 1.29 is 19.4 Å². The standard InChI is InChI=1S/C18H19NO4/c1-22-15-9-13-7-8-19-17(14(13)10-16(15)23-2)11-3-5-12(6-4-11)18(20)21/h3-6,9-10,17,19H,7-8H2,1-2H3,(H,20,21)/t17-/m1/s1. The second kappa shape index (κ2) is 6.30. The Morgan fingerprint density at radius 3 is 2.39 bits per heavy atom. The maximum Gasteiger partial charge on any atom is 0.335 e. The van der Waals surface area contributed by atoms with Gasteiger partial charge in [-0.3, -0.25) is 0 Å². The zero-order chi connectivity index (χ0) is 16.4. The number of carboxylic acids is 1. The molecule has 3 rings (SSSR count). The summed E-state index contributed by atoms with van der Waals surface area (Å²) in [7, 11) is 3.25. The minimum Gasteiger partial charge on any atom is -0.493 e. The first-order valence-corrected chi connectivity index (χ1v) is 7.45. The molecular formula is C18H19NO4. The molecule has 0 aromatic heterocycles. The minimum atomic E-state index is -0.917. The van der Waals surface area contributed by atoms with E-state index in [9.17, 15) is 4.79 Å². The van der Waals surface area contributed by atoms with Crippen LogP contribution in [0.5, 0.6) is 11.5 Å². The molecule has 0 spiro atoms. The van der Waals surface area contributed by atoms with Crippen LogP contribution in [0, 0.1) is 0 Å². The summed E-state index contributed by atoms with van der Waals surface area (Å²) in [5, 5.41) is 12.5. The third-order valence-electron chi connectivity index (χ3n) is 4.19. The zero-order valence-electron chi connectivity index (χ0n) is 13.1. The Balaban J connectivity index is 2.02. The van der Waals surface area contributed by atoms with Crippen molar-refractivity contribution in [2.45, 2.75) is 12.5 Å². The lowest BCUT2D eigenvalue weighted by atomic mass is 9.89. The van der Waals surface area contributed by atoms with Crippen LogP contribution in [0.1, 0.15) is 33.1 Å². The van der Waals surface area contributed by atoms with Gasteiger partial charge < -0.3 is 19.9 Å². The number of benzene rings is 2. The highest BCUT2D eigenvalue weighted by atomic mass is 16.5. The summed E-state index contributed by atoms with van der Waals surface area (Å²) in [4.78, 5) is 11.0. The molecule has 2 N–H and O–H groups in total. The first-order chi connectivity index (χ1) is 11.1. The van der Waals surface area contributed by atoms with Gasteiger partial charge in [0.2, 0.25) is 0 Å². The van der Waals surface area contributed by atoms with Crippen LogP contribution in [0.4, 0.5) is 0 Å². The van der Waals surface area contributed by atoms with Gasteiger partial charge in [0.25, 0.3) is 0 Å². The third-order valence-corrected chi connectivity index (χ3v) is 4.19. The minimum absolute atomic E-state index is 0.0152. The van der Waals surface area contributed by atoms with Crippen LogP contribution in [0.3, 0.4) is 0 Å². The van der Waals surface area contributed by atoms with Gasteiger partial charge in [-0.1, -0.05) is 12.1 Å². The Bertz CT molecular complexity index is 725. The maximum absolute atomic E-state index is 11.0. The Morgan fingerprint density at radius 1 is 1.13 bits per heavy atom. The van der Waals surface area contributed by atoms with E-state index in [1.165, 1.54) is 5.56 Å². The van der Waals surface area contributed by atoms with Gasteiger partial charge >= 0.3 is 5.97 Å². The predicted octanol–water partition coefficient (Wildman–Crippen LogP) is 2.64. The summed E-state index contributed by atoms with van der Waals surface area (Å²) in [5.41, 5.74) is 3.67. The van der Waals surface area contributed by atoms with Gasteiger partial charge in [0.15, 0.2) is 11.5 Å². The number of nitrogens with one attached hydrogen (secondary N) is 1. The van der Waals surface area contributed by atoms with E-state index < -0.39 is 5.97 Å². The van der Waals surface area contributed by atoms with Gasteiger partial charge in [0.1, 0.15) is 0 Å². The Labute approximate surface area is 134 Å². The van der Waals surface area contributed by atoms with E-state index in [0.29, 0.717) is 5.75 Å². The van der Waals surface area contributed by atoms with Crippen molar-refractivity contribution in [2.24, 2.45) is 0 Å². The molecule has 5 nitrogen and oxygen atoms in total. The zero-order valence-corrected chi connectivity index (χ0v) is 13.1. The van der Waals surface area contributed by atoms with Gasteiger partial charge in [-0.15, -0.1) is 0 Å². The van der Waals surface area contributed by atoms with Gasteiger partial charge in [-0.25, -0.2) is 4.79 Å². The first-order valence-electron chi connectivity index (χ1n) is 7.45. The van der Waals surface area contributed by atoms with Gasteiger partial charge in [0, 0.05) is 6.54 Å². The number of hydrogen-bond acceptors (Lipinski definition) is 4. The summed E-state index contributed by atoms with van der Waals surface area (Å²) >= 11 is 0. The summed E-state index contributed by atoms with van der Waals surface area (Å²) in [6.07, 6.45) is 0.916. The van der Waals surface area contributed by atoms with Crippen molar-refractivity contribution >= 4 is 5.97 Å². The predicted molar refractivity (Wildman–Crippen MR) is 86.5 cm³/mol. The second-order valence-electron chi connectivity index (χ2n) is 5.47. The normalized spacial score (nSPS) is 16.5. The number of rotatable bonds is 4. The molecule has 0 saturated heterocycles. The van der Waals surface area contributed by atoms with E-state index in [1.807, 2.05) is 24.3 Å². The molecule has 23 heavy (non-hydrogen) atoms. The van der Waals surface area contributed by atoms with Gasteiger partial charge in [-0.2, -0.15) is 0 Å². The average Bonchev–Trinajstić information content (AvgIpc) is 2.60. The highest BCUT2D eigenvalue weighted by Gasteiger charge is 2.24. The van der Waals surface area contributed by atoms with Crippen molar-refractivity contribution in [3.05, 3.63) is 58.7 Å². The van der Waals surface area contributed by atoms with Crippen LogP contribution < -0.4 is 14.8 Å². The number of carboxylic acid groups (broad SMARTS) is 1. The van der Waals surface area contributed by atoms with Crippen molar-refractivity contribution in [3.8, 4) is 11.5 Å². The number of aromatic carboxylic acids is 1. The number of carbonyl (C=O) groups is 1. The topological polar surface area (TPSA) is 67.8 Å². The molecule has 0 radical (unpaired) electrons. The molecule has 0 bridgehead atoms. The van der Waals surface area contributed by atoms with E-state index >= 15 is 0 Å².